The van der Waals surface area contributed by atoms with Crippen molar-refractivity contribution in [2.45, 2.75) is 40.2 Å². The highest BCUT2D eigenvalue weighted by molar-refractivity contribution is 9.10. The van der Waals surface area contributed by atoms with Gasteiger partial charge in [0.1, 0.15) is 0 Å². The molecule has 0 bridgehead atoms. The van der Waals surface area contributed by atoms with Gasteiger partial charge in [-0.25, -0.2) is 0 Å². The topological polar surface area (TPSA) is 12.0 Å². The van der Waals surface area contributed by atoms with Crippen LogP contribution in [-0.4, -0.2) is 6.54 Å². The smallest absolute Gasteiger partial charge is 0.0684 e. The summed E-state index contributed by atoms with van der Waals surface area (Å²) < 4.78 is 1.19. The Bertz CT molecular complexity index is 589. The zero-order valence-electron chi connectivity index (χ0n) is 12.6. The van der Waals surface area contributed by atoms with Gasteiger partial charge in [0.15, 0.2) is 0 Å². The van der Waals surface area contributed by atoms with Crippen LogP contribution in [0.4, 0.5) is 0 Å². The summed E-state index contributed by atoms with van der Waals surface area (Å²) in [5.74, 6) is 0. The monoisotopic (exact) mass is 351 g/mol. The molecule has 1 N–H and O–H groups in total. The van der Waals surface area contributed by atoms with Gasteiger partial charge in [-0.15, -0.1) is 11.3 Å². The van der Waals surface area contributed by atoms with Crippen molar-refractivity contribution in [2.75, 3.05) is 6.54 Å². The number of halogens is 1. The Morgan fingerprint density at radius 2 is 1.95 bits per heavy atom. The molecule has 0 spiro atoms. The first-order valence-corrected chi connectivity index (χ1v) is 8.70. The number of thiophene rings is 1. The Morgan fingerprint density at radius 3 is 2.50 bits per heavy atom. The van der Waals surface area contributed by atoms with E-state index in [1.807, 2.05) is 11.3 Å². The summed E-state index contributed by atoms with van der Waals surface area (Å²) in [5, 5.41) is 3.70. The van der Waals surface area contributed by atoms with E-state index < -0.39 is 0 Å². The van der Waals surface area contributed by atoms with Crippen LogP contribution < -0.4 is 5.32 Å². The molecule has 108 valence electrons. The number of rotatable bonds is 5. The van der Waals surface area contributed by atoms with Gasteiger partial charge in [-0.1, -0.05) is 35.0 Å². The summed E-state index contributed by atoms with van der Waals surface area (Å²) >= 11 is 5.63. The number of hydrogen-bond acceptors (Lipinski definition) is 2. The fraction of sp³-hybridized carbons (Fsp3) is 0.412. The van der Waals surface area contributed by atoms with Gasteiger partial charge < -0.3 is 5.32 Å². The van der Waals surface area contributed by atoms with Gasteiger partial charge in [-0.3, -0.25) is 0 Å². The van der Waals surface area contributed by atoms with Crippen molar-refractivity contribution >= 4 is 27.3 Å². The van der Waals surface area contributed by atoms with E-state index in [0.717, 1.165) is 13.0 Å². The Kier molecular flexibility index (Phi) is 5.42. The van der Waals surface area contributed by atoms with E-state index in [2.05, 4.69) is 73.2 Å². The van der Waals surface area contributed by atoms with Gasteiger partial charge >= 0.3 is 0 Å². The fourth-order valence-electron chi connectivity index (χ4n) is 2.44. The van der Waals surface area contributed by atoms with Gasteiger partial charge in [0, 0.05) is 14.2 Å². The lowest BCUT2D eigenvalue weighted by Crippen LogP contribution is -2.23. The first kappa shape index (κ1) is 15.7. The zero-order chi connectivity index (χ0) is 14.7. The third-order valence-corrected chi connectivity index (χ3v) is 5.31. The molecule has 0 aliphatic heterocycles. The molecule has 1 unspecified atom stereocenters. The molecule has 0 fully saturated rings. The standard InChI is InChI=1S/C17H22BrNS/c1-5-8-19-16(17-12(3)10-13(4)20-17)14-7-6-11(2)9-15(14)18/h6-7,9-10,16,19H,5,8H2,1-4H3. The molecule has 0 aliphatic carbocycles. The number of aryl methyl sites for hydroxylation is 3. The molecule has 0 saturated heterocycles. The summed E-state index contributed by atoms with van der Waals surface area (Å²) in [6, 6.07) is 9.19. The van der Waals surface area contributed by atoms with Crippen molar-refractivity contribution in [2.24, 2.45) is 0 Å². The minimum absolute atomic E-state index is 0.281. The molecule has 0 saturated carbocycles. The van der Waals surface area contributed by atoms with Crippen LogP contribution in [0.1, 0.15) is 45.8 Å². The lowest BCUT2D eigenvalue weighted by Gasteiger charge is -2.20. The van der Waals surface area contributed by atoms with Gasteiger partial charge in [0.25, 0.3) is 0 Å². The molecule has 2 aromatic rings. The third-order valence-electron chi connectivity index (χ3n) is 3.41. The molecule has 20 heavy (non-hydrogen) atoms. The van der Waals surface area contributed by atoms with Gasteiger partial charge in [-0.2, -0.15) is 0 Å². The normalized spacial score (nSPS) is 12.7. The minimum atomic E-state index is 0.281. The minimum Gasteiger partial charge on any atom is -0.306 e. The summed E-state index contributed by atoms with van der Waals surface area (Å²) in [6.07, 6.45) is 1.14. The maximum atomic E-state index is 3.73. The molecule has 2 rings (SSSR count). The summed E-state index contributed by atoms with van der Waals surface area (Å²) in [5.41, 5.74) is 4.00. The van der Waals surface area contributed by atoms with E-state index in [4.69, 9.17) is 0 Å². The maximum absolute atomic E-state index is 3.73. The van der Waals surface area contributed by atoms with Gasteiger partial charge in [-0.05, 0) is 62.6 Å². The Hall–Kier alpha value is -0.640. The average Bonchev–Trinajstić information content (AvgIpc) is 2.71. The number of benzene rings is 1. The summed E-state index contributed by atoms with van der Waals surface area (Å²) in [4.78, 5) is 2.81. The average molecular weight is 352 g/mol. The van der Waals surface area contributed by atoms with Crippen LogP contribution in [0.25, 0.3) is 0 Å². The van der Waals surface area contributed by atoms with Crippen LogP contribution in [-0.2, 0) is 0 Å². The molecule has 1 aromatic carbocycles. The second-order valence-electron chi connectivity index (χ2n) is 5.32. The number of nitrogens with one attached hydrogen (secondary N) is 1. The SMILES string of the molecule is CCCNC(c1ccc(C)cc1Br)c1sc(C)cc1C. The predicted molar refractivity (Wildman–Crippen MR) is 92.8 cm³/mol. The molecule has 1 atom stereocenters. The van der Waals surface area contributed by atoms with Crippen molar-refractivity contribution in [3.63, 3.8) is 0 Å². The van der Waals surface area contributed by atoms with Crippen LogP contribution in [0.5, 0.6) is 0 Å². The first-order valence-electron chi connectivity index (χ1n) is 7.09. The lowest BCUT2D eigenvalue weighted by atomic mass is 10.0. The highest BCUT2D eigenvalue weighted by Gasteiger charge is 2.20. The van der Waals surface area contributed by atoms with E-state index in [1.165, 1.54) is 30.9 Å². The number of hydrogen-bond donors (Lipinski definition) is 1. The van der Waals surface area contributed by atoms with E-state index in [9.17, 15) is 0 Å². The molecule has 0 amide bonds. The fourth-order valence-corrected chi connectivity index (χ4v) is 4.30. The van der Waals surface area contributed by atoms with Gasteiger partial charge in [0.2, 0.25) is 0 Å². The van der Waals surface area contributed by atoms with Crippen LogP contribution in [0, 0.1) is 20.8 Å². The van der Waals surface area contributed by atoms with E-state index >= 15 is 0 Å². The molecule has 1 aromatic heterocycles. The van der Waals surface area contributed by atoms with Crippen molar-refractivity contribution in [3.05, 3.63) is 55.2 Å². The largest absolute Gasteiger partial charge is 0.306 e. The molecule has 3 heteroatoms. The Balaban J connectivity index is 2.44. The molecule has 0 aliphatic rings. The Labute approximate surface area is 134 Å². The van der Waals surface area contributed by atoms with Crippen molar-refractivity contribution < 1.29 is 0 Å². The second-order valence-corrected chi connectivity index (χ2v) is 7.46. The molecular formula is C17H22BrNS. The molecule has 1 nitrogen and oxygen atoms in total. The summed E-state index contributed by atoms with van der Waals surface area (Å²) in [6.45, 7) is 9.76. The van der Waals surface area contributed by atoms with Crippen LogP contribution >= 0.6 is 27.3 Å². The van der Waals surface area contributed by atoms with E-state index in [-0.39, 0.29) is 6.04 Å². The van der Waals surface area contributed by atoms with Crippen molar-refractivity contribution in [3.8, 4) is 0 Å². The van der Waals surface area contributed by atoms with Crippen molar-refractivity contribution in [1.82, 2.24) is 5.32 Å². The molecule has 0 radical (unpaired) electrons. The van der Waals surface area contributed by atoms with Crippen LogP contribution in [0.2, 0.25) is 0 Å². The summed E-state index contributed by atoms with van der Waals surface area (Å²) in [7, 11) is 0. The highest BCUT2D eigenvalue weighted by atomic mass is 79.9. The van der Waals surface area contributed by atoms with E-state index in [1.54, 1.807) is 0 Å². The maximum Gasteiger partial charge on any atom is 0.0684 e. The van der Waals surface area contributed by atoms with Gasteiger partial charge in [0.05, 0.1) is 6.04 Å². The van der Waals surface area contributed by atoms with Crippen LogP contribution in [0.3, 0.4) is 0 Å². The Morgan fingerprint density at radius 1 is 1.20 bits per heavy atom. The molecule has 1 heterocycles. The quantitative estimate of drug-likeness (QED) is 0.747. The second kappa shape index (κ2) is 6.88. The first-order chi connectivity index (χ1) is 9.52. The third kappa shape index (κ3) is 3.51. The van der Waals surface area contributed by atoms with E-state index in [0.29, 0.717) is 0 Å². The predicted octanol–water partition coefficient (Wildman–Crippen LogP) is 5.52. The highest BCUT2D eigenvalue weighted by Crippen LogP contribution is 2.35. The van der Waals surface area contributed by atoms with Crippen LogP contribution in [0.15, 0.2) is 28.7 Å². The molecular weight excluding hydrogens is 330 g/mol. The zero-order valence-corrected chi connectivity index (χ0v) is 15.0. The lowest BCUT2D eigenvalue weighted by molar-refractivity contribution is 0.602. The van der Waals surface area contributed by atoms with Crippen molar-refractivity contribution in [1.29, 1.82) is 0 Å².